The number of benzene rings is 2. The lowest BCUT2D eigenvalue weighted by atomic mass is 10.1. The molecule has 5 nitrogen and oxygen atoms in total. The molecule has 26 heavy (non-hydrogen) atoms. The molecular weight excluding hydrogens is 353 g/mol. The fourth-order valence-corrected chi connectivity index (χ4v) is 3.42. The molecule has 0 radical (unpaired) electrons. The number of nitrogens with one attached hydrogen (secondary N) is 2. The van der Waals surface area contributed by atoms with Crippen LogP contribution in [0.5, 0.6) is 5.75 Å². The van der Waals surface area contributed by atoms with Crippen LogP contribution < -0.4 is 15.4 Å². The highest BCUT2D eigenvalue weighted by Crippen LogP contribution is 2.25. The van der Waals surface area contributed by atoms with Crippen molar-refractivity contribution >= 4 is 32.6 Å². The van der Waals surface area contributed by atoms with Gasteiger partial charge in [0.1, 0.15) is 0 Å². The molecule has 1 amide bonds. The Balaban J connectivity index is 1.38. The predicted octanol–water partition coefficient (Wildman–Crippen LogP) is 3.60. The van der Waals surface area contributed by atoms with Gasteiger partial charge in [-0.25, -0.2) is 9.37 Å². The van der Waals surface area contributed by atoms with E-state index in [0.29, 0.717) is 25.9 Å². The van der Waals surface area contributed by atoms with Crippen LogP contribution in [0.25, 0.3) is 10.2 Å². The smallest absolute Gasteiger partial charge is 0.220 e. The molecule has 3 aromatic rings. The number of ether oxygens (including phenoxy) is 1. The summed E-state index contributed by atoms with van der Waals surface area (Å²) in [6.07, 6.45) is 0.797. The van der Waals surface area contributed by atoms with E-state index < -0.39 is 5.82 Å². The first-order valence-electron chi connectivity index (χ1n) is 8.34. The average molecular weight is 373 g/mol. The monoisotopic (exact) mass is 373 g/mol. The Morgan fingerprint density at radius 1 is 1.23 bits per heavy atom. The van der Waals surface area contributed by atoms with Crippen molar-refractivity contribution in [2.75, 3.05) is 25.5 Å². The van der Waals surface area contributed by atoms with Crippen molar-refractivity contribution in [2.24, 2.45) is 0 Å². The van der Waals surface area contributed by atoms with Gasteiger partial charge in [0.25, 0.3) is 0 Å². The number of methoxy groups -OCH3 is 1. The van der Waals surface area contributed by atoms with Crippen molar-refractivity contribution in [2.45, 2.75) is 12.8 Å². The Morgan fingerprint density at radius 3 is 2.85 bits per heavy atom. The van der Waals surface area contributed by atoms with Gasteiger partial charge in [-0.3, -0.25) is 4.79 Å². The first kappa shape index (κ1) is 18.1. The SMILES string of the molecule is COc1ccc(CCC(=O)NCCNc2nc3ccccc3s2)cc1F. The summed E-state index contributed by atoms with van der Waals surface area (Å²) < 4.78 is 19.6. The fourth-order valence-electron chi connectivity index (χ4n) is 2.53. The first-order chi connectivity index (χ1) is 12.7. The minimum Gasteiger partial charge on any atom is -0.494 e. The van der Waals surface area contributed by atoms with E-state index >= 15 is 0 Å². The van der Waals surface area contributed by atoms with Gasteiger partial charge >= 0.3 is 0 Å². The summed E-state index contributed by atoms with van der Waals surface area (Å²) in [7, 11) is 1.42. The Morgan fingerprint density at radius 2 is 2.08 bits per heavy atom. The number of fused-ring (bicyclic) bond motifs is 1. The fraction of sp³-hybridized carbons (Fsp3) is 0.263. The quantitative estimate of drug-likeness (QED) is 0.592. The number of carbonyl (C=O) groups excluding carboxylic acids is 1. The number of aryl methyl sites for hydroxylation is 1. The number of amides is 1. The van der Waals surface area contributed by atoms with Gasteiger partial charge in [-0.15, -0.1) is 0 Å². The van der Waals surface area contributed by atoms with Gasteiger partial charge in [-0.1, -0.05) is 29.5 Å². The van der Waals surface area contributed by atoms with Crippen LogP contribution in [-0.4, -0.2) is 31.1 Å². The Hall–Kier alpha value is -2.67. The summed E-state index contributed by atoms with van der Waals surface area (Å²) in [6.45, 7) is 1.11. The van der Waals surface area contributed by atoms with E-state index in [1.807, 2.05) is 24.3 Å². The maximum atomic E-state index is 13.6. The molecule has 0 saturated heterocycles. The number of anilines is 1. The van der Waals surface area contributed by atoms with Crippen LogP contribution in [0.15, 0.2) is 42.5 Å². The van der Waals surface area contributed by atoms with Gasteiger partial charge in [0.2, 0.25) is 5.91 Å². The van der Waals surface area contributed by atoms with Crippen molar-refractivity contribution in [1.29, 1.82) is 0 Å². The Kier molecular flexibility index (Phi) is 6.01. The predicted molar refractivity (Wildman–Crippen MR) is 102 cm³/mol. The third kappa shape index (κ3) is 4.70. The number of thiazole rings is 1. The zero-order chi connectivity index (χ0) is 18.4. The highest BCUT2D eigenvalue weighted by Gasteiger charge is 2.06. The van der Waals surface area contributed by atoms with Crippen LogP contribution in [0.4, 0.5) is 9.52 Å². The van der Waals surface area contributed by atoms with E-state index in [9.17, 15) is 9.18 Å². The van der Waals surface area contributed by atoms with Crippen molar-refractivity contribution < 1.29 is 13.9 Å². The lowest BCUT2D eigenvalue weighted by molar-refractivity contribution is -0.120. The summed E-state index contributed by atoms with van der Waals surface area (Å²) >= 11 is 1.59. The normalized spacial score (nSPS) is 10.7. The zero-order valence-corrected chi connectivity index (χ0v) is 15.2. The van der Waals surface area contributed by atoms with Crippen LogP contribution in [0, 0.1) is 5.82 Å². The number of carbonyl (C=O) groups is 1. The summed E-state index contributed by atoms with van der Waals surface area (Å²) in [5.41, 5.74) is 1.74. The van der Waals surface area contributed by atoms with Crippen molar-refractivity contribution in [3.05, 3.63) is 53.8 Å². The third-order valence-corrected chi connectivity index (χ3v) is 4.87. The molecule has 3 rings (SSSR count). The summed E-state index contributed by atoms with van der Waals surface area (Å²) in [6, 6.07) is 12.7. The number of rotatable bonds is 8. The second kappa shape index (κ2) is 8.62. The number of hydrogen-bond acceptors (Lipinski definition) is 5. The topological polar surface area (TPSA) is 63.2 Å². The standard InChI is InChI=1S/C19H20FN3O2S/c1-25-16-8-6-13(12-14(16)20)7-9-18(24)21-10-11-22-19-23-15-4-2-3-5-17(15)26-19/h2-6,8,12H,7,9-11H2,1H3,(H,21,24)(H,22,23). The molecule has 2 aromatic carbocycles. The molecule has 0 saturated carbocycles. The Labute approximate surface area is 155 Å². The van der Waals surface area contributed by atoms with E-state index in [2.05, 4.69) is 15.6 Å². The van der Waals surface area contributed by atoms with Gasteiger partial charge in [0.15, 0.2) is 16.7 Å². The lowest BCUT2D eigenvalue weighted by Gasteiger charge is -2.07. The second-order valence-corrected chi connectivity index (χ2v) is 6.76. The maximum Gasteiger partial charge on any atom is 0.220 e. The minimum atomic E-state index is -0.412. The molecular formula is C19H20FN3O2S. The van der Waals surface area contributed by atoms with Crippen molar-refractivity contribution in [3.8, 4) is 5.75 Å². The van der Waals surface area contributed by atoms with E-state index in [0.717, 1.165) is 20.9 Å². The maximum absolute atomic E-state index is 13.6. The molecule has 0 aliphatic heterocycles. The number of halogens is 1. The van der Waals surface area contributed by atoms with E-state index in [4.69, 9.17) is 4.74 Å². The largest absolute Gasteiger partial charge is 0.494 e. The minimum absolute atomic E-state index is 0.0627. The molecule has 0 aliphatic carbocycles. The first-order valence-corrected chi connectivity index (χ1v) is 9.16. The van der Waals surface area contributed by atoms with Gasteiger partial charge in [-0.05, 0) is 36.2 Å². The second-order valence-electron chi connectivity index (χ2n) is 5.73. The molecule has 1 heterocycles. The molecule has 136 valence electrons. The summed E-state index contributed by atoms with van der Waals surface area (Å²) in [4.78, 5) is 16.4. The van der Waals surface area contributed by atoms with E-state index in [1.54, 1.807) is 23.5 Å². The van der Waals surface area contributed by atoms with Crippen LogP contribution in [-0.2, 0) is 11.2 Å². The number of aromatic nitrogens is 1. The molecule has 2 N–H and O–H groups in total. The molecule has 1 aromatic heterocycles. The molecule has 0 atom stereocenters. The number of para-hydroxylation sites is 1. The van der Waals surface area contributed by atoms with Crippen LogP contribution in [0.2, 0.25) is 0 Å². The molecule has 0 unspecified atom stereocenters. The Bertz CT molecular complexity index is 864. The number of hydrogen-bond donors (Lipinski definition) is 2. The molecule has 7 heteroatoms. The molecule has 0 bridgehead atoms. The van der Waals surface area contributed by atoms with Gasteiger partial charge in [-0.2, -0.15) is 0 Å². The highest BCUT2D eigenvalue weighted by molar-refractivity contribution is 7.22. The zero-order valence-electron chi connectivity index (χ0n) is 14.4. The van der Waals surface area contributed by atoms with E-state index in [-0.39, 0.29) is 11.7 Å². The average Bonchev–Trinajstić information content (AvgIpc) is 3.06. The van der Waals surface area contributed by atoms with Gasteiger partial charge in [0.05, 0.1) is 17.3 Å². The molecule has 0 fully saturated rings. The molecule has 0 aliphatic rings. The lowest BCUT2D eigenvalue weighted by Crippen LogP contribution is -2.28. The van der Waals surface area contributed by atoms with Crippen LogP contribution >= 0.6 is 11.3 Å². The van der Waals surface area contributed by atoms with Gasteiger partial charge in [0, 0.05) is 19.5 Å². The highest BCUT2D eigenvalue weighted by atomic mass is 32.1. The third-order valence-electron chi connectivity index (χ3n) is 3.87. The number of nitrogens with zero attached hydrogens (tertiary/aromatic N) is 1. The van der Waals surface area contributed by atoms with Crippen molar-refractivity contribution in [1.82, 2.24) is 10.3 Å². The summed E-state index contributed by atoms with van der Waals surface area (Å²) in [5, 5.41) is 6.91. The van der Waals surface area contributed by atoms with E-state index in [1.165, 1.54) is 13.2 Å². The summed E-state index contributed by atoms with van der Waals surface area (Å²) in [5.74, 6) is -0.267. The van der Waals surface area contributed by atoms with Crippen molar-refractivity contribution in [3.63, 3.8) is 0 Å². The van der Waals surface area contributed by atoms with Gasteiger partial charge < -0.3 is 15.4 Å². The van der Waals surface area contributed by atoms with Crippen LogP contribution in [0.1, 0.15) is 12.0 Å². The van der Waals surface area contributed by atoms with Crippen LogP contribution in [0.3, 0.4) is 0 Å². The molecule has 0 spiro atoms.